The van der Waals surface area contributed by atoms with Gasteiger partial charge in [-0.1, -0.05) is 6.42 Å². The third-order valence-electron chi connectivity index (χ3n) is 4.64. The highest BCUT2D eigenvalue weighted by Gasteiger charge is 2.36. The molecule has 2 aliphatic rings. The molecule has 0 spiro atoms. The third-order valence-corrected chi connectivity index (χ3v) is 6.13. The number of nitrogens with zero attached hydrogens (tertiary/aromatic N) is 1. The SMILES string of the molecule is CNS(=O)(=O)c1ccc(N2CC3CCCC3C2)cc1N. The number of sulfonamides is 1. The maximum absolute atomic E-state index is 11.8. The quantitative estimate of drug-likeness (QED) is 0.827. The molecular weight excluding hydrogens is 274 g/mol. The summed E-state index contributed by atoms with van der Waals surface area (Å²) in [5.41, 5.74) is 7.27. The summed E-state index contributed by atoms with van der Waals surface area (Å²) in [6.07, 6.45) is 4.00. The summed E-state index contributed by atoms with van der Waals surface area (Å²) in [5, 5.41) is 0. The number of anilines is 2. The van der Waals surface area contributed by atoms with E-state index < -0.39 is 10.0 Å². The molecule has 20 heavy (non-hydrogen) atoms. The van der Waals surface area contributed by atoms with Crippen LogP contribution in [0.15, 0.2) is 23.1 Å². The smallest absolute Gasteiger partial charge is 0.242 e. The standard InChI is InChI=1S/C14H21N3O2S/c1-16-20(18,19)14-6-5-12(7-13(14)15)17-8-10-3-2-4-11(10)9-17/h5-7,10-11,16H,2-4,8-9,15H2,1H3. The maximum atomic E-state index is 11.8. The lowest BCUT2D eigenvalue weighted by molar-refractivity contribution is 0.494. The van der Waals surface area contributed by atoms with E-state index in [2.05, 4.69) is 9.62 Å². The van der Waals surface area contributed by atoms with Crippen molar-refractivity contribution in [2.45, 2.75) is 24.2 Å². The number of nitrogen functional groups attached to an aromatic ring is 1. The molecule has 0 bridgehead atoms. The van der Waals surface area contributed by atoms with Gasteiger partial charge in [0.1, 0.15) is 4.90 Å². The van der Waals surface area contributed by atoms with Gasteiger partial charge in [-0.05, 0) is 49.9 Å². The van der Waals surface area contributed by atoms with E-state index in [-0.39, 0.29) is 4.90 Å². The number of benzene rings is 1. The summed E-state index contributed by atoms with van der Waals surface area (Å²) in [6.45, 7) is 2.14. The average molecular weight is 295 g/mol. The van der Waals surface area contributed by atoms with Gasteiger partial charge in [0.05, 0.1) is 5.69 Å². The van der Waals surface area contributed by atoms with Crippen LogP contribution in [-0.2, 0) is 10.0 Å². The number of nitrogens with one attached hydrogen (secondary N) is 1. The summed E-state index contributed by atoms with van der Waals surface area (Å²) in [4.78, 5) is 2.49. The topological polar surface area (TPSA) is 75.4 Å². The molecule has 1 saturated carbocycles. The van der Waals surface area contributed by atoms with Crippen LogP contribution in [0.5, 0.6) is 0 Å². The highest BCUT2D eigenvalue weighted by Crippen LogP contribution is 2.40. The lowest BCUT2D eigenvalue weighted by Gasteiger charge is -2.20. The lowest BCUT2D eigenvalue weighted by Crippen LogP contribution is -2.22. The minimum absolute atomic E-state index is 0.156. The van der Waals surface area contributed by atoms with E-state index in [4.69, 9.17) is 5.73 Å². The fourth-order valence-electron chi connectivity index (χ4n) is 3.53. The fourth-order valence-corrected chi connectivity index (χ4v) is 4.37. The van der Waals surface area contributed by atoms with Gasteiger partial charge < -0.3 is 10.6 Å². The van der Waals surface area contributed by atoms with Gasteiger partial charge in [-0.25, -0.2) is 13.1 Å². The molecule has 0 radical (unpaired) electrons. The molecule has 1 saturated heterocycles. The first-order valence-electron chi connectivity index (χ1n) is 7.09. The van der Waals surface area contributed by atoms with E-state index in [1.54, 1.807) is 12.1 Å². The molecular formula is C14H21N3O2S. The first kappa shape index (κ1) is 13.7. The molecule has 2 atom stereocenters. The van der Waals surface area contributed by atoms with Crippen LogP contribution >= 0.6 is 0 Å². The first-order valence-corrected chi connectivity index (χ1v) is 8.57. The van der Waals surface area contributed by atoms with Gasteiger partial charge in [0, 0.05) is 18.8 Å². The van der Waals surface area contributed by atoms with Gasteiger partial charge in [-0.3, -0.25) is 0 Å². The summed E-state index contributed by atoms with van der Waals surface area (Å²) >= 11 is 0. The second-order valence-corrected chi connectivity index (χ2v) is 7.64. The highest BCUT2D eigenvalue weighted by atomic mass is 32.2. The fraction of sp³-hybridized carbons (Fsp3) is 0.571. The van der Waals surface area contributed by atoms with Crippen molar-refractivity contribution in [3.8, 4) is 0 Å². The zero-order chi connectivity index (χ0) is 14.3. The zero-order valence-electron chi connectivity index (χ0n) is 11.7. The van der Waals surface area contributed by atoms with Crippen molar-refractivity contribution in [3.63, 3.8) is 0 Å². The van der Waals surface area contributed by atoms with Crippen LogP contribution in [0.4, 0.5) is 11.4 Å². The third kappa shape index (κ3) is 2.27. The highest BCUT2D eigenvalue weighted by molar-refractivity contribution is 7.89. The van der Waals surface area contributed by atoms with Crippen molar-refractivity contribution < 1.29 is 8.42 Å². The van der Waals surface area contributed by atoms with Gasteiger partial charge >= 0.3 is 0 Å². The second-order valence-electron chi connectivity index (χ2n) is 5.79. The number of rotatable bonds is 3. The number of hydrogen-bond acceptors (Lipinski definition) is 4. The van der Waals surface area contributed by atoms with Crippen molar-refractivity contribution in [1.29, 1.82) is 0 Å². The summed E-state index contributed by atoms with van der Waals surface area (Å²) < 4.78 is 25.9. The van der Waals surface area contributed by atoms with Crippen molar-refractivity contribution in [3.05, 3.63) is 18.2 Å². The van der Waals surface area contributed by atoms with Crippen molar-refractivity contribution >= 4 is 21.4 Å². The van der Waals surface area contributed by atoms with E-state index in [1.165, 1.54) is 26.3 Å². The van der Waals surface area contributed by atoms with Crippen LogP contribution in [0.1, 0.15) is 19.3 Å². The van der Waals surface area contributed by atoms with Crippen LogP contribution in [0.2, 0.25) is 0 Å². The van der Waals surface area contributed by atoms with E-state index in [0.717, 1.165) is 30.6 Å². The Labute approximate surface area is 120 Å². The normalized spacial score (nSPS) is 25.9. The zero-order valence-corrected chi connectivity index (χ0v) is 12.5. The van der Waals surface area contributed by atoms with Crippen molar-refractivity contribution in [2.75, 3.05) is 30.8 Å². The van der Waals surface area contributed by atoms with E-state index in [1.807, 2.05) is 6.07 Å². The lowest BCUT2D eigenvalue weighted by atomic mass is 10.0. The van der Waals surface area contributed by atoms with Crippen LogP contribution < -0.4 is 15.4 Å². The molecule has 5 nitrogen and oxygen atoms in total. The Balaban J connectivity index is 1.85. The molecule has 110 valence electrons. The van der Waals surface area contributed by atoms with Crippen molar-refractivity contribution in [1.82, 2.24) is 4.72 Å². The Morgan fingerprint density at radius 2 is 1.90 bits per heavy atom. The summed E-state index contributed by atoms with van der Waals surface area (Å²) in [6, 6.07) is 5.25. The molecule has 0 amide bonds. The Morgan fingerprint density at radius 3 is 2.45 bits per heavy atom. The number of hydrogen-bond donors (Lipinski definition) is 2. The minimum atomic E-state index is -3.48. The summed E-state index contributed by atoms with van der Waals surface area (Å²) in [5.74, 6) is 1.61. The molecule has 1 aromatic carbocycles. The Hall–Kier alpha value is -1.27. The van der Waals surface area contributed by atoms with Gasteiger partial charge in [-0.15, -0.1) is 0 Å². The molecule has 1 heterocycles. The van der Waals surface area contributed by atoms with Gasteiger partial charge in [0.25, 0.3) is 0 Å². The van der Waals surface area contributed by atoms with Gasteiger partial charge in [-0.2, -0.15) is 0 Å². The molecule has 6 heteroatoms. The van der Waals surface area contributed by atoms with E-state index in [9.17, 15) is 8.42 Å². The van der Waals surface area contributed by atoms with E-state index in [0.29, 0.717) is 5.69 Å². The predicted molar refractivity (Wildman–Crippen MR) is 80.1 cm³/mol. The Kier molecular flexibility index (Phi) is 3.38. The Bertz CT molecular complexity index is 603. The molecule has 0 aromatic heterocycles. The summed E-state index contributed by atoms with van der Waals surface area (Å²) in [7, 11) is -2.08. The maximum Gasteiger partial charge on any atom is 0.242 e. The van der Waals surface area contributed by atoms with Crippen LogP contribution in [0, 0.1) is 11.8 Å². The number of fused-ring (bicyclic) bond motifs is 1. The molecule has 1 aliphatic heterocycles. The van der Waals surface area contributed by atoms with Crippen LogP contribution in [0.3, 0.4) is 0 Å². The van der Waals surface area contributed by atoms with Crippen LogP contribution in [0.25, 0.3) is 0 Å². The van der Waals surface area contributed by atoms with E-state index >= 15 is 0 Å². The molecule has 2 unspecified atom stereocenters. The number of nitrogens with two attached hydrogens (primary N) is 1. The average Bonchev–Trinajstić information content (AvgIpc) is 2.99. The van der Waals surface area contributed by atoms with Gasteiger partial charge in [0.2, 0.25) is 10.0 Å². The Morgan fingerprint density at radius 1 is 1.25 bits per heavy atom. The monoisotopic (exact) mass is 295 g/mol. The molecule has 3 N–H and O–H groups in total. The molecule has 1 aliphatic carbocycles. The minimum Gasteiger partial charge on any atom is -0.398 e. The second kappa shape index (κ2) is 4.93. The predicted octanol–water partition coefficient (Wildman–Crippen LogP) is 1.41. The van der Waals surface area contributed by atoms with Crippen LogP contribution in [-0.4, -0.2) is 28.6 Å². The largest absolute Gasteiger partial charge is 0.398 e. The first-order chi connectivity index (χ1) is 9.51. The van der Waals surface area contributed by atoms with Crippen molar-refractivity contribution in [2.24, 2.45) is 11.8 Å². The molecule has 2 fully saturated rings. The van der Waals surface area contributed by atoms with Gasteiger partial charge in [0.15, 0.2) is 0 Å². The molecule has 1 aromatic rings. The molecule has 3 rings (SSSR count).